The first-order chi connectivity index (χ1) is 4.86. The topological polar surface area (TPSA) is 81.8 Å². The van der Waals surface area contributed by atoms with Gasteiger partial charge in [-0.2, -0.15) is 5.26 Å². The van der Waals surface area contributed by atoms with Crippen molar-refractivity contribution >= 4 is 5.82 Å². The molecule has 5 heteroatoms. The Balaban J connectivity index is 2.93. The van der Waals surface area contributed by atoms with Gasteiger partial charge < -0.3 is 0 Å². The second kappa shape index (κ2) is 2.75. The third kappa shape index (κ3) is 1.18. The van der Waals surface area contributed by atoms with E-state index in [1.54, 1.807) is 11.5 Å². The molecule has 0 fully saturated rings. The molecule has 0 aliphatic carbocycles. The summed E-state index contributed by atoms with van der Waals surface area (Å²) in [6, 6.07) is 4.70. The van der Waals surface area contributed by atoms with Crippen LogP contribution in [0.4, 0.5) is 5.82 Å². The van der Waals surface area contributed by atoms with Crippen molar-refractivity contribution in [3.8, 4) is 6.07 Å². The summed E-state index contributed by atoms with van der Waals surface area (Å²) in [6.45, 7) is 0. The Morgan fingerprint density at radius 2 is 2.30 bits per heavy atom. The standard InChI is InChI=1S/C5H4N4O/c6-3-4-1-2-5(9-10)8-7-4/h1-2,10H,(H,8,9). The molecule has 0 amide bonds. The summed E-state index contributed by atoms with van der Waals surface area (Å²) in [5, 5.41) is 23.4. The molecular formula is C5H4N4O. The quantitative estimate of drug-likeness (QED) is 0.537. The summed E-state index contributed by atoms with van der Waals surface area (Å²) < 4.78 is 0. The predicted molar refractivity (Wildman–Crippen MR) is 32.2 cm³/mol. The van der Waals surface area contributed by atoms with Crippen molar-refractivity contribution in [1.82, 2.24) is 10.2 Å². The molecule has 0 atom stereocenters. The van der Waals surface area contributed by atoms with Crippen molar-refractivity contribution in [2.45, 2.75) is 0 Å². The van der Waals surface area contributed by atoms with Crippen molar-refractivity contribution in [1.29, 1.82) is 5.26 Å². The molecule has 1 aromatic heterocycles. The van der Waals surface area contributed by atoms with E-state index < -0.39 is 0 Å². The molecule has 0 radical (unpaired) electrons. The van der Waals surface area contributed by atoms with E-state index >= 15 is 0 Å². The third-order valence-electron chi connectivity index (χ3n) is 0.894. The van der Waals surface area contributed by atoms with Crippen molar-refractivity contribution < 1.29 is 5.21 Å². The zero-order chi connectivity index (χ0) is 7.40. The summed E-state index contributed by atoms with van der Waals surface area (Å²) in [7, 11) is 0. The third-order valence-corrected chi connectivity index (χ3v) is 0.894. The van der Waals surface area contributed by atoms with Crippen molar-refractivity contribution in [2.24, 2.45) is 0 Å². The number of rotatable bonds is 1. The van der Waals surface area contributed by atoms with Crippen molar-refractivity contribution in [3.63, 3.8) is 0 Å². The summed E-state index contributed by atoms with van der Waals surface area (Å²) in [5.41, 5.74) is 2.02. The summed E-state index contributed by atoms with van der Waals surface area (Å²) in [5.74, 6) is 0.221. The number of anilines is 1. The molecule has 0 aromatic carbocycles. The summed E-state index contributed by atoms with van der Waals surface area (Å²) in [4.78, 5) is 0. The van der Waals surface area contributed by atoms with E-state index in [1.807, 2.05) is 0 Å². The molecule has 1 heterocycles. The molecular weight excluding hydrogens is 132 g/mol. The SMILES string of the molecule is N#Cc1ccc(NO)nn1. The Kier molecular flexibility index (Phi) is 1.78. The lowest BCUT2D eigenvalue weighted by molar-refractivity contribution is 0.385. The Hall–Kier alpha value is -1.67. The highest BCUT2D eigenvalue weighted by atomic mass is 16.5. The fourth-order valence-corrected chi connectivity index (χ4v) is 0.452. The van der Waals surface area contributed by atoms with Crippen LogP contribution in [0.3, 0.4) is 0 Å². The molecule has 0 aliphatic heterocycles. The molecule has 50 valence electrons. The van der Waals surface area contributed by atoms with Crippen LogP contribution in [-0.4, -0.2) is 15.4 Å². The lowest BCUT2D eigenvalue weighted by Crippen LogP contribution is -1.95. The minimum atomic E-state index is 0.221. The van der Waals surface area contributed by atoms with Crippen LogP contribution >= 0.6 is 0 Å². The van der Waals surface area contributed by atoms with Gasteiger partial charge in [-0.1, -0.05) is 0 Å². The van der Waals surface area contributed by atoms with Gasteiger partial charge in [0.1, 0.15) is 6.07 Å². The van der Waals surface area contributed by atoms with Crippen LogP contribution in [0.15, 0.2) is 12.1 Å². The molecule has 0 saturated heterocycles. The summed E-state index contributed by atoms with van der Waals surface area (Å²) >= 11 is 0. The first-order valence-electron chi connectivity index (χ1n) is 2.51. The largest absolute Gasteiger partial charge is 0.290 e. The molecule has 1 rings (SSSR count). The smallest absolute Gasteiger partial charge is 0.172 e. The molecule has 5 nitrogen and oxygen atoms in total. The van der Waals surface area contributed by atoms with E-state index in [2.05, 4.69) is 10.2 Å². The highest BCUT2D eigenvalue weighted by Gasteiger charge is 1.92. The van der Waals surface area contributed by atoms with Crippen LogP contribution < -0.4 is 5.48 Å². The fourth-order valence-electron chi connectivity index (χ4n) is 0.452. The van der Waals surface area contributed by atoms with Crippen LogP contribution in [0.2, 0.25) is 0 Å². The Labute approximate surface area is 56.9 Å². The van der Waals surface area contributed by atoms with Crippen LogP contribution in [0, 0.1) is 11.3 Å². The van der Waals surface area contributed by atoms with Crippen LogP contribution in [0.25, 0.3) is 0 Å². The molecule has 2 N–H and O–H groups in total. The number of aromatic nitrogens is 2. The monoisotopic (exact) mass is 136 g/mol. The van der Waals surface area contributed by atoms with Crippen LogP contribution in [0.1, 0.15) is 5.69 Å². The van der Waals surface area contributed by atoms with E-state index in [9.17, 15) is 0 Å². The lowest BCUT2D eigenvalue weighted by atomic mass is 10.4. The number of nitriles is 1. The average molecular weight is 136 g/mol. The lowest BCUT2D eigenvalue weighted by Gasteiger charge is -1.92. The molecule has 10 heavy (non-hydrogen) atoms. The number of nitrogens with zero attached hydrogens (tertiary/aromatic N) is 3. The van der Waals surface area contributed by atoms with E-state index in [4.69, 9.17) is 10.5 Å². The van der Waals surface area contributed by atoms with Gasteiger partial charge in [-0.25, -0.2) is 0 Å². The Bertz CT molecular complexity index is 249. The Morgan fingerprint density at radius 3 is 2.70 bits per heavy atom. The maximum atomic E-state index is 8.27. The minimum Gasteiger partial charge on any atom is -0.290 e. The number of hydrogen-bond acceptors (Lipinski definition) is 5. The van der Waals surface area contributed by atoms with Gasteiger partial charge in [0.25, 0.3) is 0 Å². The number of nitrogens with one attached hydrogen (secondary N) is 1. The van der Waals surface area contributed by atoms with E-state index in [1.165, 1.54) is 12.1 Å². The maximum Gasteiger partial charge on any atom is 0.172 e. The van der Waals surface area contributed by atoms with Crippen molar-refractivity contribution in [3.05, 3.63) is 17.8 Å². The minimum absolute atomic E-state index is 0.221. The van der Waals surface area contributed by atoms with E-state index in [0.717, 1.165) is 0 Å². The zero-order valence-corrected chi connectivity index (χ0v) is 4.94. The first kappa shape index (κ1) is 6.45. The van der Waals surface area contributed by atoms with Crippen molar-refractivity contribution in [2.75, 3.05) is 5.48 Å². The van der Waals surface area contributed by atoms with Gasteiger partial charge in [0.05, 0.1) is 0 Å². The highest BCUT2D eigenvalue weighted by Crippen LogP contribution is 1.97. The molecule has 0 unspecified atom stereocenters. The van der Waals surface area contributed by atoms with Gasteiger partial charge in [0.2, 0.25) is 0 Å². The molecule has 1 aromatic rings. The first-order valence-corrected chi connectivity index (χ1v) is 2.51. The van der Waals surface area contributed by atoms with Gasteiger partial charge in [0.15, 0.2) is 11.5 Å². The summed E-state index contributed by atoms with van der Waals surface area (Å²) in [6.07, 6.45) is 0. The van der Waals surface area contributed by atoms with Gasteiger partial charge in [-0.15, -0.1) is 10.2 Å². The second-order valence-corrected chi connectivity index (χ2v) is 1.53. The van der Waals surface area contributed by atoms with Gasteiger partial charge in [0, 0.05) is 0 Å². The fraction of sp³-hybridized carbons (Fsp3) is 0. The maximum absolute atomic E-state index is 8.27. The van der Waals surface area contributed by atoms with E-state index in [0.29, 0.717) is 0 Å². The molecule has 0 bridgehead atoms. The highest BCUT2D eigenvalue weighted by molar-refractivity contribution is 5.32. The van der Waals surface area contributed by atoms with E-state index in [-0.39, 0.29) is 11.5 Å². The second-order valence-electron chi connectivity index (χ2n) is 1.53. The normalized spacial score (nSPS) is 8.40. The average Bonchev–Trinajstić information content (AvgIpc) is 2.05. The zero-order valence-electron chi connectivity index (χ0n) is 4.94. The van der Waals surface area contributed by atoms with Gasteiger partial charge >= 0.3 is 0 Å². The van der Waals surface area contributed by atoms with Crippen LogP contribution in [-0.2, 0) is 0 Å². The van der Waals surface area contributed by atoms with Crippen LogP contribution in [0.5, 0.6) is 0 Å². The molecule has 0 spiro atoms. The molecule has 0 saturated carbocycles. The van der Waals surface area contributed by atoms with Gasteiger partial charge in [-0.3, -0.25) is 10.7 Å². The Morgan fingerprint density at radius 1 is 1.50 bits per heavy atom. The predicted octanol–water partition coefficient (Wildman–Crippen LogP) is 0.149. The number of hydrogen-bond donors (Lipinski definition) is 2. The van der Waals surface area contributed by atoms with Gasteiger partial charge in [-0.05, 0) is 12.1 Å². The molecule has 0 aliphatic rings.